The molecule has 0 radical (unpaired) electrons. The third-order valence-corrected chi connectivity index (χ3v) is 6.74. The Bertz CT molecular complexity index is 1380. The van der Waals surface area contributed by atoms with Gasteiger partial charge in [0.25, 0.3) is 0 Å². The van der Waals surface area contributed by atoms with Gasteiger partial charge in [0, 0.05) is 24.6 Å². The van der Waals surface area contributed by atoms with Gasteiger partial charge in [-0.15, -0.1) is 0 Å². The van der Waals surface area contributed by atoms with Crippen LogP contribution in [0, 0.1) is 20.8 Å². The Labute approximate surface area is 205 Å². The third kappa shape index (κ3) is 4.66. The van der Waals surface area contributed by atoms with Crippen LogP contribution in [0.25, 0.3) is 11.0 Å². The van der Waals surface area contributed by atoms with Crippen molar-refractivity contribution in [3.63, 3.8) is 0 Å². The molecule has 1 fully saturated rings. The Morgan fingerprint density at radius 2 is 1.80 bits per heavy atom. The summed E-state index contributed by atoms with van der Waals surface area (Å²) in [4.78, 5) is 19.8. The maximum Gasteiger partial charge on any atom is 0.227 e. The van der Waals surface area contributed by atoms with Crippen LogP contribution >= 0.6 is 0 Å². The van der Waals surface area contributed by atoms with Gasteiger partial charge in [-0.3, -0.25) is 4.79 Å². The molecule has 1 amide bonds. The number of benzene rings is 3. The number of aryl methyl sites for hydroxylation is 3. The van der Waals surface area contributed by atoms with Crippen molar-refractivity contribution >= 4 is 22.6 Å². The van der Waals surface area contributed by atoms with Gasteiger partial charge in [0.05, 0.1) is 17.6 Å². The Balaban J connectivity index is 1.39. The summed E-state index contributed by atoms with van der Waals surface area (Å²) in [5.41, 5.74) is 6.07. The van der Waals surface area contributed by atoms with Crippen molar-refractivity contribution in [3.05, 3.63) is 89.2 Å². The molecule has 0 saturated carbocycles. The van der Waals surface area contributed by atoms with E-state index in [-0.39, 0.29) is 18.4 Å². The number of amides is 1. The molecule has 0 aliphatic carbocycles. The van der Waals surface area contributed by atoms with Gasteiger partial charge in [-0.1, -0.05) is 48.0 Å². The van der Waals surface area contributed by atoms with Crippen LogP contribution in [0.1, 0.15) is 34.9 Å². The number of aliphatic hydroxyl groups is 1. The number of rotatable bonds is 7. The molecule has 5 rings (SSSR count). The molecule has 0 spiro atoms. The fourth-order valence-corrected chi connectivity index (χ4v) is 4.99. The highest BCUT2D eigenvalue weighted by molar-refractivity contribution is 5.97. The third-order valence-electron chi connectivity index (χ3n) is 6.74. The predicted octanol–water partition coefficient (Wildman–Crippen LogP) is 4.92. The molecule has 6 heteroatoms. The molecule has 2 atom stereocenters. The number of fused-ring (bicyclic) bond motifs is 1. The van der Waals surface area contributed by atoms with Crippen LogP contribution in [-0.2, 0) is 11.3 Å². The molecule has 0 unspecified atom stereocenters. The molecule has 1 aliphatic rings. The summed E-state index contributed by atoms with van der Waals surface area (Å²) in [5.74, 6) is 1.66. The molecule has 0 bridgehead atoms. The Kier molecular flexibility index (Phi) is 6.31. The molecule has 1 N–H and O–H groups in total. The van der Waals surface area contributed by atoms with E-state index in [0.29, 0.717) is 19.5 Å². The van der Waals surface area contributed by atoms with Crippen molar-refractivity contribution in [1.82, 2.24) is 9.55 Å². The van der Waals surface area contributed by atoms with Gasteiger partial charge in [-0.05, 0) is 56.2 Å². The number of imidazole rings is 1. The van der Waals surface area contributed by atoms with Crippen LogP contribution in [-0.4, -0.2) is 39.8 Å². The normalized spacial score (nSPS) is 16.7. The fraction of sp³-hybridized carbons (Fsp3) is 0.310. The monoisotopic (exact) mass is 469 g/mol. The number of hydrogen-bond donors (Lipinski definition) is 1. The van der Waals surface area contributed by atoms with E-state index in [4.69, 9.17) is 9.72 Å². The van der Waals surface area contributed by atoms with Crippen molar-refractivity contribution < 1.29 is 14.6 Å². The molecule has 180 valence electrons. The second-order valence-electron chi connectivity index (χ2n) is 9.49. The highest BCUT2D eigenvalue weighted by Gasteiger charge is 2.35. The molecule has 6 nitrogen and oxygen atoms in total. The molecule has 1 aromatic heterocycles. The van der Waals surface area contributed by atoms with Crippen molar-refractivity contribution in [1.29, 1.82) is 0 Å². The first kappa shape index (κ1) is 23.1. The number of anilines is 1. The molecule has 3 aromatic carbocycles. The zero-order chi connectivity index (χ0) is 24.5. The van der Waals surface area contributed by atoms with E-state index in [0.717, 1.165) is 39.4 Å². The van der Waals surface area contributed by atoms with Crippen LogP contribution in [0.5, 0.6) is 5.75 Å². The minimum atomic E-state index is -0.725. The summed E-state index contributed by atoms with van der Waals surface area (Å²) in [6, 6.07) is 21.9. The van der Waals surface area contributed by atoms with Crippen LogP contribution in [0.3, 0.4) is 0 Å². The van der Waals surface area contributed by atoms with Crippen molar-refractivity contribution in [2.45, 2.75) is 45.8 Å². The van der Waals surface area contributed by atoms with Crippen LogP contribution in [0.4, 0.5) is 5.69 Å². The van der Waals surface area contributed by atoms with Crippen molar-refractivity contribution in [2.75, 3.05) is 18.1 Å². The van der Waals surface area contributed by atoms with Crippen LogP contribution in [0.15, 0.2) is 66.7 Å². The molecular weight excluding hydrogens is 438 g/mol. The minimum Gasteiger partial charge on any atom is -0.491 e. The first-order valence-corrected chi connectivity index (χ1v) is 12.1. The quantitative estimate of drug-likeness (QED) is 0.417. The number of hydrogen-bond acceptors (Lipinski definition) is 4. The van der Waals surface area contributed by atoms with E-state index in [2.05, 4.69) is 10.6 Å². The summed E-state index contributed by atoms with van der Waals surface area (Å²) in [6.07, 6.45) is -0.330. The second-order valence-corrected chi connectivity index (χ2v) is 9.49. The van der Waals surface area contributed by atoms with Gasteiger partial charge in [-0.2, -0.15) is 0 Å². The maximum atomic E-state index is 13.0. The SMILES string of the molecule is Cc1ccc(OC[C@H](O)Cn2c([C@H]3CC(=O)N(c4ccccc4C)C3)nc3ccccc32)c(C)c1. The number of carbonyl (C=O) groups excluding carboxylic acids is 1. The van der Waals surface area contributed by atoms with E-state index < -0.39 is 6.10 Å². The predicted molar refractivity (Wildman–Crippen MR) is 138 cm³/mol. The maximum absolute atomic E-state index is 13.0. The molecule has 1 aliphatic heterocycles. The highest BCUT2D eigenvalue weighted by atomic mass is 16.5. The summed E-state index contributed by atoms with van der Waals surface area (Å²) in [5, 5.41) is 10.9. The lowest BCUT2D eigenvalue weighted by Crippen LogP contribution is -2.27. The van der Waals surface area contributed by atoms with Gasteiger partial charge in [0.2, 0.25) is 5.91 Å². The average Bonchev–Trinajstić information content (AvgIpc) is 3.39. The Hall–Kier alpha value is -3.64. The lowest BCUT2D eigenvalue weighted by molar-refractivity contribution is -0.117. The fourth-order valence-electron chi connectivity index (χ4n) is 4.99. The number of aromatic nitrogens is 2. The van der Waals surface area contributed by atoms with Gasteiger partial charge < -0.3 is 19.3 Å². The summed E-state index contributed by atoms with van der Waals surface area (Å²) >= 11 is 0. The van der Waals surface area contributed by atoms with E-state index in [1.807, 2.05) is 86.3 Å². The molecular formula is C29H31N3O3. The minimum absolute atomic E-state index is 0.0537. The summed E-state index contributed by atoms with van der Waals surface area (Å²) in [7, 11) is 0. The van der Waals surface area contributed by atoms with E-state index >= 15 is 0 Å². The highest BCUT2D eigenvalue weighted by Crippen LogP contribution is 2.34. The van der Waals surface area contributed by atoms with E-state index in [1.165, 1.54) is 5.56 Å². The van der Waals surface area contributed by atoms with Gasteiger partial charge >= 0.3 is 0 Å². The number of para-hydroxylation sites is 3. The van der Waals surface area contributed by atoms with Crippen molar-refractivity contribution in [3.8, 4) is 5.75 Å². The summed E-state index contributed by atoms with van der Waals surface area (Å²) in [6.45, 7) is 7.17. The zero-order valence-electron chi connectivity index (χ0n) is 20.4. The molecule has 2 heterocycles. The number of aliphatic hydroxyl groups excluding tert-OH is 1. The lowest BCUT2D eigenvalue weighted by atomic mass is 10.1. The topological polar surface area (TPSA) is 67.6 Å². The zero-order valence-corrected chi connectivity index (χ0v) is 20.4. The van der Waals surface area contributed by atoms with Crippen molar-refractivity contribution in [2.24, 2.45) is 0 Å². The van der Waals surface area contributed by atoms with Crippen LogP contribution < -0.4 is 9.64 Å². The first-order chi connectivity index (χ1) is 16.9. The number of ether oxygens (including phenoxy) is 1. The first-order valence-electron chi connectivity index (χ1n) is 12.1. The standard InChI is InChI=1S/C29H31N3O3/c1-19-12-13-27(21(3)14-19)35-18-23(33)17-32-26-11-7-5-9-24(26)30-29(32)22-15-28(34)31(16-22)25-10-6-4-8-20(25)2/h4-14,22-23,33H,15-18H2,1-3H3/t22-,23+/m0/s1. The van der Waals surface area contributed by atoms with E-state index in [1.54, 1.807) is 0 Å². The lowest BCUT2D eigenvalue weighted by Gasteiger charge is -2.20. The summed E-state index contributed by atoms with van der Waals surface area (Å²) < 4.78 is 8.00. The molecule has 1 saturated heterocycles. The smallest absolute Gasteiger partial charge is 0.227 e. The number of carbonyl (C=O) groups is 1. The number of nitrogens with zero attached hydrogens (tertiary/aromatic N) is 3. The van der Waals surface area contributed by atoms with Gasteiger partial charge in [-0.25, -0.2) is 4.98 Å². The largest absolute Gasteiger partial charge is 0.491 e. The second kappa shape index (κ2) is 9.55. The molecule has 4 aromatic rings. The van der Waals surface area contributed by atoms with E-state index in [9.17, 15) is 9.90 Å². The molecule has 35 heavy (non-hydrogen) atoms. The van der Waals surface area contributed by atoms with Gasteiger partial charge in [0.15, 0.2) is 0 Å². The Morgan fingerprint density at radius 3 is 2.60 bits per heavy atom. The van der Waals surface area contributed by atoms with Crippen LogP contribution in [0.2, 0.25) is 0 Å². The van der Waals surface area contributed by atoms with Gasteiger partial charge in [0.1, 0.15) is 24.3 Å². The average molecular weight is 470 g/mol. The Morgan fingerprint density at radius 1 is 1.03 bits per heavy atom.